The fourth-order valence-electron chi connectivity index (χ4n) is 1.70. The highest BCUT2D eigenvalue weighted by Crippen LogP contribution is 2.31. The van der Waals surface area contributed by atoms with Crippen molar-refractivity contribution >= 4 is 29.9 Å². The van der Waals surface area contributed by atoms with Gasteiger partial charge in [-0.15, -0.1) is 24.0 Å². The van der Waals surface area contributed by atoms with Crippen LogP contribution in [0, 0.1) is 5.92 Å². The maximum absolute atomic E-state index is 5.29. The smallest absolute Gasteiger partial charge is 0.190 e. The summed E-state index contributed by atoms with van der Waals surface area (Å²) in [6.45, 7) is 5.73. The highest BCUT2D eigenvalue weighted by molar-refractivity contribution is 14.0. The van der Waals surface area contributed by atoms with E-state index in [1.807, 2.05) is 14.0 Å². The van der Waals surface area contributed by atoms with E-state index in [-0.39, 0.29) is 24.0 Å². The van der Waals surface area contributed by atoms with E-state index in [2.05, 4.69) is 15.6 Å². The Hall–Kier alpha value is -0.0400. The van der Waals surface area contributed by atoms with Gasteiger partial charge in [0.2, 0.25) is 0 Å². The van der Waals surface area contributed by atoms with E-state index in [1.54, 1.807) is 0 Å². The van der Waals surface area contributed by atoms with Crippen molar-refractivity contribution in [2.24, 2.45) is 10.9 Å². The quantitative estimate of drug-likeness (QED) is 0.284. The highest BCUT2D eigenvalue weighted by atomic mass is 127. The number of aliphatic imine (C=N–C) groups is 1. The van der Waals surface area contributed by atoms with E-state index in [4.69, 9.17) is 4.74 Å². The summed E-state index contributed by atoms with van der Waals surface area (Å²) in [7, 11) is 1.83. The normalized spacial score (nSPS) is 15.1. The number of halogens is 1. The summed E-state index contributed by atoms with van der Waals surface area (Å²) < 4.78 is 5.29. The molecule has 18 heavy (non-hydrogen) atoms. The largest absolute Gasteiger partial charge is 0.382 e. The van der Waals surface area contributed by atoms with Crippen LogP contribution in [0.15, 0.2) is 4.99 Å². The molecule has 0 aromatic rings. The van der Waals surface area contributed by atoms with Crippen molar-refractivity contribution in [2.75, 3.05) is 33.4 Å². The molecule has 0 aliphatic heterocycles. The summed E-state index contributed by atoms with van der Waals surface area (Å²) in [6, 6.07) is 0. The molecule has 1 saturated carbocycles. The van der Waals surface area contributed by atoms with Crippen molar-refractivity contribution in [3.8, 4) is 0 Å². The highest BCUT2D eigenvalue weighted by Gasteiger charge is 2.20. The Morgan fingerprint density at radius 1 is 1.22 bits per heavy atom. The number of hydrogen-bond donors (Lipinski definition) is 2. The molecule has 0 amide bonds. The summed E-state index contributed by atoms with van der Waals surface area (Å²) in [4.78, 5) is 4.20. The minimum Gasteiger partial charge on any atom is -0.382 e. The molecule has 0 unspecified atom stereocenters. The van der Waals surface area contributed by atoms with Crippen molar-refractivity contribution in [3.05, 3.63) is 0 Å². The number of rotatable bonds is 9. The lowest BCUT2D eigenvalue weighted by Gasteiger charge is -2.11. The van der Waals surface area contributed by atoms with Gasteiger partial charge in [0.1, 0.15) is 0 Å². The van der Waals surface area contributed by atoms with Crippen LogP contribution in [-0.2, 0) is 4.74 Å². The average Bonchev–Trinajstić information content (AvgIpc) is 3.15. The number of unbranched alkanes of at least 4 members (excludes halogenated alkanes) is 1. The Morgan fingerprint density at radius 3 is 2.56 bits per heavy atom. The number of ether oxygens (including phenoxy) is 1. The first-order chi connectivity index (χ1) is 8.36. The SMILES string of the molecule is CCOCCCCNC(=NC)NCCC1CC1.I. The first-order valence-corrected chi connectivity index (χ1v) is 6.89. The average molecular weight is 369 g/mol. The van der Waals surface area contributed by atoms with Crippen LogP contribution < -0.4 is 10.6 Å². The van der Waals surface area contributed by atoms with Crippen LogP contribution in [0.4, 0.5) is 0 Å². The molecule has 0 saturated heterocycles. The third kappa shape index (κ3) is 9.94. The fraction of sp³-hybridized carbons (Fsp3) is 0.923. The van der Waals surface area contributed by atoms with Gasteiger partial charge in [-0.2, -0.15) is 0 Å². The van der Waals surface area contributed by atoms with E-state index < -0.39 is 0 Å². The molecule has 0 atom stereocenters. The van der Waals surface area contributed by atoms with Crippen molar-refractivity contribution < 1.29 is 4.74 Å². The standard InChI is InChI=1S/C13H27N3O.HI/c1-3-17-11-5-4-9-15-13(14-2)16-10-8-12-6-7-12;/h12H,3-11H2,1-2H3,(H2,14,15,16);1H. The second-order valence-electron chi connectivity index (χ2n) is 4.56. The predicted molar refractivity (Wildman–Crippen MR) is 87.8 cm³/mol. The monoisotopic (exact) mass is 369 g/mol. The van der Waals surface area contributed by atoms with Gasteiger partial charge in [0.25, 0.3) is 0 Å². The Bertz CT molecular complexity index is 220. The van der Waals surface area contributed by atoms with Gasteiger partial charge in [0.15, 0.2) is 5.96 Å². The topological polar surface area (TPSA) is 45.6 Å². The van der Waals surface area contributed by atoms with Crippen LogP contribution in [0.5, 0.6) is 0 Å². The van der Waals surface area contributed by atoms with Gasteiger partial charge in [-0.3, -0.25) is 4.99 Å². The van der Waals surface area contributed by atoms with Gasteiger partial charge in [0.05, 0.1) is 0 Å². The van der Waals surface area contributed by atoms with Crippen LogP contribution >= 0.6 is 24.0 Å². The summed E-state index contributed by atoms with van der Waals surface area (Å²) in [5.41, 5.74) is 0. The molecule has 108 valence electrons. The van der Waals surface area contributed by atoms with Crippen molar-refractivity contribution in [2.45, 2.75) is 39.0 Å². The first-order valence-electron chi connectivity index (χ1n) is 6.89. The maximum atomic E-state index is 5.29. The van der Waals surface area contributed by atoms with Gasteiger partial charge >= 0.3 is 0 Å². The molecule has 1 aliphatic rings. The molecule has 4 nitrogen and oxygen atoms in total. The van der Waals surface area contributed by atoms with Crippen molar-refractivity contribution in [1.82, 2.24) is 10.6 Å². The summed E-state index contributed by atoms with van der Waals surface area (Å²) >= 11 is 0. The van der Waals surface area contributed by atoms with Gasteiger partial charge in [-0.1, -0.05) is 12.8 Å². The first kappa shape index (κ1) is 18.0. The zero-order chi connectivity index (χ0) is 12.3. The maximum Gasteiger partial charge on any atom is 0.190 e. The van der Waals surface area contributed by atoms with Gasteiger partial charge in [0, 0.05) is 33.4 Å². The van der Waals surface area contributed by atoms with Crippen LogP contribution in [0.25, 0.3) is 0 Å². The Balaban J connectivity index is 0.00000289. The van der Waals surface area contributed by atoms with Crippen LogP contribution in [-0.4, -0.2) is 39.3 Å². The molecule has 0 aromatic carbocycles. The molecule has 0 heterocycles. The predicted octanol–water partition coefficient (Wildman–Crippen LogP) is 2.39. The second-order valence-corrected chi connectivity index (χ2v) is 4.56. The van der Waals surface area contributed by atoms with Crippen LogP contribution in [0.1, 0.15) is 39.0 Å². The third-order valence-corrected chi connectivity index (χ3v) is 2.98. The number of nitrogens with zero attached hydrogens (tertiary/aromatic N) is 1. The number of guanidine groups is 1. The zero-order valence-electron chi connectivity index (χ0n) is 11.7. The van der Waals surface area contributed by atoms with E-state index >= 15 is 0 Å². The van der Waals surface area contributed by atoms with E-state index in [9.17, 15) is 0 Å². The molecule has 5 heteroatoms. The summed E-state index contributed by atoms with van der Waals surface area (Å²) in [6.07, 6.45) is 6.37. The minimum absolute atomic E-state index is 0. The summed E-state index contributed by atoms with van der Waals surface area (Å²) in [5, 5.41) is 6.67. The summed E-state index contributed by atoms with van der Waals surface area (Å²) in [5.74, 6) is 1.91. The Labute approximate surface area is 128 Å². The van der Waals surface area contributed by atoms with Gasteiger partial charge < -0.3 is 15.4 Å². The number of nitrogens with one attached hydrogen (secondary N) is 2. The second kappa shape index (κ2) is 12.0. The molecular weight excluding hydrogens is 341 g/mol. The lowest BCUT2D eigenvalue weighted by molar-refractivity contribution is 0.143. The molecule has 1 rings (SSSR count). The van der Waals surface area contributed by atoms with Crippen molar-refractivity contribution in [1.29, 1.82) is 0 Å². The van der Waals surface area contributed by atoms with Gasteiger partial charge in [-0.25, -0.2) is 0 Å². The minimum atomic E-state index is 0. The van der Waals surface area contributed by atoms with Crippen molar-refractivity contribution in [3.63, 3.8) is 0 Å². The van der Waals surface area contributed by atoms with E-state index in [1.165, 1.54) is 19.3 Å². The number of hydrogen-bond acceptors (Lipinski definition) is 2. The third-order valence-electron chi connectivity index (χ3n) is 2.98. The van der Waals surface area contributed by atoms with Gasteiger partial charge in [-0.05, 0) is 32.1 Å². The molecule has 0 aromatic heterocycles. The Morgan fingerprint density at radius 2 is 1.94 bits per heavy atom. The zero-order valence-corrected chi connectivity index (χ0v) is 14.0. The van der Waals surface area contributed by atoms with Crippen LogP contribution in [0.3, 0.4) is 0 Å². The van der Waals surface area contributed by atoms with Crippen LogP contribution in [0.2, 0.25) is 0 Å². The molecule has 1 aliphatic carbocycles. The molecule has 2 N–H and O–H groups in total. The molecule has 0 bridgehead atoms. The lowest BCUT2D eigenvalue weighted by atomic mass is 10.3. The lowest BCUT2D eigenvalue weighted by Crippen LogP contribution is -2.38. The van der Waals surface area contributed by atoms with E-state index in [0.717, 1.165) is 51.0 Å². The molecule has 1 fully saturated rings. The molecule has 0 spiro atoms. The molecule has 0 radical (unpaired) electrons. The van der Waals surface area contributed by atoms with E-state index in [0.29, 0.717) is 0 Å². The fourth-order valence-corrected chi connectivity index (χ4v) is 1.70. The molecular formula is C13H28IN3O. The Kier molecular flexibility index (Phi) is 12.0.